The molecule has 1 atom stereocenters. The first kappa shape index (κ1) is 12.8. The van der Waals surface area contributed by atoms with E-state index < -0.39 is 11.6 Å². The lowest BCUT2D eigenvalue weighted by atomic mass is 10.0. The van der Waals surface area contributed by atoms with Crippen LogP contribution >= 0.6 is 0 Å². The molecule has 0 spiro atoms. The lowest BCUT2D eigenvalue weighted by molar-refractivity contribution is -0.118. The molecular formula is C12H15F2NO. The number of benzene rings is 1. The van der Waals surface area contributed by atoms with Gasteiger partial charge in [-0.2, -0.15) is 0 Å². The summed E-state index contributed by atoms with van der Waals surface area (Å²) in [6.07, 6.45) is 0.791. The number of nitrogens with two attached hydrogens (primary N) is 1. The minimum atomic E-state index is -0.934. The molecule has 2 nitrogen and oxygen atoms in total. The van der Waals surface area contributed by atoms with Gasteiger partial charge in [0, 0.05) is 18.9 Å². The lowest BCUT2D eigenvalue weighted by Gasteiger charge is -2.05. The highest BCUT2D eigenvalue weighted by atomic mass is 19.2. The molecule has 2 N–H and O–H groups in total. The van der Waals surface area contributed by atoms with Gasteiger partial charge < -0.3 is 5.73 Å². The van der Waals surface area contributed by atoms with Gasteiger partial charge in [0.25, 0.3) is 0 Å². The molecule has 88 valence electrons. The minimum Gasteiger partial charge on any atom is -0.328 e. The van der Waals surface area contributed by atoms with Gasteiger partial charge in [0.1, 0.15) is 5.78 Å². The van der Waals surface area contributed by atoms with Gasteiger partial charge in [0.15, 0.2) is 11.6 Å². The van der Waals surface area contributed by atoms with E-state index in [0.717, 1.165) is 6.07 Å². The molecule has 0 aromatic heterocycles. The molecule has 1 aromatic carbocycles. The van der Waals surface area contributed by atoms with Crippen LogP contribution in [0.5, 0.6) is 0 Å². The molecule has 0 saturated carbocycles. The Labute approximate surface area is 93.5 Å². The number of hydrogen-bond donors (Lipinski definition) is 1. The van der Waals surface area contributed by atoms with Crippen molar-refractivity contribution in [2.75, 3.05) is 0 Å². The number of ketones is 1. The van der Waals surface area contributed by atoms with Crippen LogP contribution in [0.25, 0.3) is 0 Å². The molecule has 0 heterocycles. The Bertz CT molecular complexity index is 377. The van der Waals surface area contributed by atoms with Crippen molar-refractivity contribution in [2.24, 2.45) is 5.73 Å². The van der Waals surface area contributed by atoms with Crippen LogP contribution in [-0.4, -0.2) is 11.8 Å². The topological polar surface area (TPSA) is 43.1 Å². The van der Waals surface area contributed by atoms with Crippen LogP contribution in [0.1, 0.15) is 25.3 Å². The fourth-order valence-corrected chi connectivity index (χ4v) is 1.37. The van der Waals surface area contributed by atoms with Gasteiger partial charge in [-0.05, 0) is 25.0 Å². The second-order valence-electron chi connectivity index (χ2n) is 3.94. The molecule has 16 heavy (non-hydrogen) atoms. The van der Waals surface area contributed by atoms with Crippen LogP contribution < -0.4 is 5.73 Å². The summed E-state index contributed by atoms with van der Waals surface area (Å²) in [5, 5.41) is 0. The highest BCUT2D eigenvalue weighted by Crippen LogP contribution is 2.13. The molecule has 0 aliphatic carbocycles. The maximum Gasteiger partial charge on any atom is 0.162 e. The molecular weight excluding hydrogens is 212 g/mol. The molecule has 0 bridgehead atoms. The minimum absolute atomic E-state index is 0.0543. The van der Waals surface area contributed by atoms with Crippen LogP contribution in [0.4, 0.5) is 8.78 Å². The van der Waals surface area contributed by atoms with Gasteiger partial charge in [0.2, 0.25) is 0 Å². The smallest absolute Gasteiger partial charge is 0.162 e. The summed E-state index contributed by atoms with van der Waals surface area (Å²) >= 11 is 0. The largest absolute Gasteiger partial charge is 0.328 e. The van der Waals surface area contributed by atoms with Gasteiger partial charge in [-0.15, -0.1) is 0 Å². The van der Waals surface area contributed by atoms with Gasteiger partial charge in [0.05, 0.1) is 0 Å². The third kappa shape index (κ3) is 3.70. The normalized spacial score (nSPS) is 12.5. The summed E-state index contributed by atoms with van der Waals surface area (Å²) in [6.45, 7) is 1.80. The Morgan fingerprint density at radius 3 is 2.75 bits per heavy atom. The maximum atomic E-state index is 13.2. The molecule has 4 heteroatoms. The van der Waals surface area contributed by atoms with Crippen LogP contribution in [0, 0.1) is 11.6 Å². The van der Waals surface area contributed by atoms with Crippen molar-refractivity contribution in [2.45, 2.75) is 32.2 Å². The number of halogens is 2. The Morgan fingerprint density at radius 1 is 1.44 bits per heavy atom. The van der Waals surface area contributed by atoms with Crippen LogP contribution in [0.2, 0.25) is 0 Å². The van der Waals surface area contributed by atoms with E-state index in [-0.39, 0.29) is 23.8 Å². The Morgan fingerprint density at radius 2 is 2.12 bits per heavy atom. The molecule has 0 amide bonds. The summed E-state index contributed by atoms with van der Waals surface area (Å²) in [5.41, 5.74) is 5.61. The third-order valence-corrected chi connectivity index (χ3v) is 2.30. The average molecular weight is 227 g/mol. The first-order valence-corrected chi connectivity index (χ1v) is 5.21. The molecule has 1 aromatic rings. The number of Topliss-reactive ketones (excluding diaryl/α,β-unsaturated/α-hetero) is 1. The first-order valence-electron chi connectivity index (χ1n) is 5.21. The summed E-state index contributed by atoms with van der Waals surface area (Å²) < 4.78 is 26.0. The summed E-state index contributed by atoms with van der Waals surface area (Å²) in [6, 6.07) is 3.79. The quantitative estimate of drug-likeness (QED) is 0.838. The summed E-state index contributed by atoms with van der Waals surface area (Å²) in [4.78, 5) is 11.4. The van der Waals surface area contributed by atoms with Crippen molar-refractivity contribution >= 4 is 5.78 Å². The van der Waals surface area contributed by atoms with E-state index in [1.54, 1.807) is 6.92 Å². The van der Waals surface area contributed by atoms with Crippen molar-refractivity contribution in [3.05, 3.63) is 35.4 Å². The van der Waals surface area contributed by atoms with E-state index in [2.05, 4.69) is 0 Å². The molecule has 0 saturated heterocycles. The van der Waals surface area contributed by atoms with E-state index in [9.17, 15) is 13.6 Å². The second kappa shape index (κ2) is 5.70. The van der Waals surface area contributed by atoms with Gasteiger partial charge in [-0.3, -0.25) is 4.79 Å². The Balaban J connectivity index is 2.59. The molecule has 1 rings (SSSR count). The highest BCUT2D eigenvalue weighted by molar-refractivity contribution is 5.80. The van der Waals surface area contributed by atoms with Crippen molar-refractivity contribution in [3.8, 4) is 0 Å². The third-order valence-electron chi connectivity index (χ3n) is 2.30. The zero-order valence-electron chi connectivity index (χ0n) is 9.17. The van der Waals surface area contributed by atoms with Gasteiger partial charge >= 0.3 is 0 Å². The van der Waals surface area contributed by atoms with Crippen molar-refractivity contribution in [3.63, 3.8) is 0 Å². The average Bonchev–Trinajstić information content (AvgIpc) is 2.22. The first-order chi connectivity index (χ1) is 7.50. The Kier molecular flexibility index (Phi) is 4.55. The molecule has 1 unspecified atom stereocenters. The summed E-state index contributed by atoms with van der Waals surface area (Å²) in [5.74, 6) is -1.98. The number of hydrogen-bond acceptors (Lipinski definition) is 2. The van der Waals surface area contributed by atoms with Crippen molar-refractivity contribution < 1.29 is 13.6 Å². The van der Waals surface area contributed by atoms with E-state index in [4.69, 9.17) is 5.73 Å². The highest BCUT2D eigenvalue weighted by Gasteiger charge is 2.11. The van der Waals surface area contributed by atoms with Gasteiger partial charge in [-0.1, -0.05) is 12.1 Å². The molecule has 0 aliphatic rings. The number of carbonyl (C=O) groups excluding carboxylic acids is 1. The Hall–Kier alpha value is -1.29. The van der Waals surface area contributed by atoms with Crippen LogP contribution in [-0.2, 0) is 11.2 Å². The fraction of sp³-hybridized carbons (Fsp3) is 0.417. The zero-order chi connectivity index (χ0) is 12.1. The predicted octanol–water partition coefficient (Wildman–Crippen LogP) is 2.20. The van der Waals surface area contributed by atoms with E-state index >= 15 is 0 Å². The van der Waals surface area contributed by atoms with Gasteiger partial charge in [-0.25, -0.2) is 8.78 Å². The van der Waals surface area contributed by atoms with Crippen molar-refractivity contribution in [1.29, 1.82) is 0 Å². The summed E-state index contributed by atoms with van der Waals surface area (Å²) in [7, 11) is 0. The second-order valence-corrected chi connectivity index (χ2v) is 3.94. The SMILES string of the molecule is CC(N)CCC(=O)Cc1cccc(F)c1F. The van der Waals surface area contributed by atoms with E-state index in [1.165, 1.54) is 12.1 Å². The molecule has 0 radical (unpaired) electrons. The van der Waals surface area contributed by atoms with Crippen LogP contribution in [0.15, 0.2) is 18.2 Å². The lowest BCUT2D eigenvalue weighted by Crippen LogP contribution is -2.17. The van der Waals surface area contributed by atoms with Crippen LogP contribution in [0.3, 0.4) is 0 Å². The predicted molar refractivity (Wildman–Crippen MR) is 58.0 cm³/mol. The number of rotatable bonds is 5. The van der Waals surface area contributed by atoms with E-state index in [1.807, 2.05) is 0 Å². The zero-order valence-corrected chi connectivity index (χ0v) is 9.17. The number of carbonyl (C=O) groups is 1. The molecule has 0 fully saturated rings. The monoisotopic (exact) mass is 227 g/mol. The standard InChI is InChI=1S/C12H15F2NO/c1-8(15)5-6-10(16)7-9-3-2-4-11(13)12(9)14/h2-4,8H,5-7,15H2,1H3. The van der Waals surface area contributed by atoms with E-state index in [0.29, 0.717) is 12.8 Å². The fourth-order valence-electron chi connectivity index (χ4n) is 1.37. The van der Waals surface area contributed by atoms with Crippen molar-refractivity contribution in [1.82, 2.24) is 0 Å². The molecule has 0 aliphatic heterocycles. The maximum absolute atomic E-state index is 13.2.